The van der Waals surface area contributed by atoms with Crippen molar-refractivity contribution in [3.63, 3.8) is 0 Å². The number of fused-ring (bicyclic) bond motifs is 1. The molecule has 5 rings (SSSR count). The molecular formula is C25H16BrFN2O2S. The second kappa shape index (κ2) is 8.41. The average molecular weight is 507 g/mol. The summed E-state index contributed by atoms with van der Waals surface area (Å²) in [5.74, 6) is -0.617. The number of para-hydroxylation sites is 1. The molecule has 3 aromatic carbocycles. The maximum atomic E-state index is 14.2. The van der Waals surface area contributed by atoms with Crippen LogP contribution < -0.4 is 4.90 Å². The molecule has 1 aliphatic heterocycles. The fourth-order valence-corrected chi connectivity index (χ4v) is 4.95. The van der Waals surface area contributed by atoms with Gasteiger partial charge in [0, 0.05) is 32.7 Å². The van der Waals surface area contributed by atoms with E-state index in [1.54, 1.807) is 48.5 Å². The van der Waals surface area contributed by atoms with Crippen LogP contribution in [0.1, 0.15) is 11.1 Å². The van der Waals surface area contributed by atoms with Crippen molar-refractivity contribution in [1.29, 1.82) is 0 Å². The number of nitrogens with zero attached hydrogens (tertiary/aromatic N) is 2. The van der Waals surface area contributed by atoms with Gasteiger partial charge in [0.25, 0.3) is 11.1 Å². The number of rotatable bonds is 4. The predicted octanol–water partition coefficient (Wildman–Crippen LogP) is 6.83. The smallest absolute Gasteiger partial charge is 0.298 e. The summed E-state index contributed by atoms with van der Waals surface area (Å²) in [7, 11) is 0. The number of carbonyl (C=O) groups is 2. The van der Waals surface area contributed by atoms with Crippen LogP contribution in [-0.2, 0) is 11.3 Å². The highest BCUT2D eigenvalue weighted by molar-refractivity contribution is 9.10. The Bertz CT molecular complexity index is 1400. The minimum absolute atomic E-state index is 0.267. The van der Waals surface area contributed by atoms with Crippen molar-refractivity contribution in [3.8, 4) is 0 Å². The van der Waals surface area contributed by atoms with Gasteiger partial charge in [0.05, 0.1) is 17.1 Å². The number of imide groups is 1. The fourth-order valence-electron chi connectivity index (χ4n) is 3.76. The monoisotopic (exact) mass is 506 g/mol. The first-order valence-corrected chi connectivity index (χ1v) is 11.5. The number of hydrogen-bond donors (Lipinski definition) is 0. The van der Waals surface area contributed by atoms with E-state index in [0.29, 0.717) is 22.7 Å². The molecule has 158 valence electrons. The number of benzene rings is 3. The van der Waals surface area contributed by atoms with Crippen molar-refractivity contribution in [1.82, 2.24) is 4.57 Å². The van der Waals surface area contributed by atoms with E-state index in [2.05, 4.69) is 15.9 Å². The Morgan fingerprint density at radius 3 is 2.50 bits per heavy atom. The van der Waals surface area contributed by atoms with Crippen LogP contribution in [0.5, 0.6) is 0 Å². The average Bonchev–Trinajstić information content (AvgIpc) is 3.26. The van der Waals surface area contributed by atoms with Crippen molar-refractivity contribution >= 4 is 61.5 Å². The molecule has 1 aliphatic rings. The van der Waals surface area contributed by atoms with E-state index < -0.39 is 0 Å². The number of halogens is 2. The van der Waals surface area contributed by atoms with Crippen molar-refractivity contribution < 1.29 is 14.0 Å². The van der Waals surface area contributed by atoms with Gasteiger partial charge in [0.1, 0.15) is 5.82 Å². The minimum Gasteiger partial charge on any atom is -0.342 e. The van der Waals surface area contributed by atoms with E-state index in [0.717, 1.165) is 32.7 Å². The normalized spacial score (nSPS) is 15.3. The lowest BCUT2D eigenvalue weighted by Crippen LogP contribution is -2.27. The predicted molar refractivity (Wildman–Crippen MR) is 130 cm³/mol. The van der Waals surface area contributed by atoms with Gasteiger partial charge in [-0.1, -0.05) is 52.3 Å². The zero-order valence-electron chi connectivity index (χ0n) is 16.7. The third kappa shape index (κ3) is 3.78. The Hall–Kier alpha value is -3.16. The zero-order chi connectivity index (χ0) is 22.2. The summed E-state index contributed by atoms with van der Waals surface area (Å²) < 4.78 is 17.1. The Morgan fingerprint density at radius 2 is 1.72 bits per heavy atom. The van der Waals surface area contributed by atoms with Crippen LogP contribution >= 0.6 is 27.7 Å². The molecule has 0 aliphatic carbocycles. The van der Waals surface area contributed by atoms with E-state index >= 15 is 0 Å². The SMILES string of the molecule is O=C1S/C(=C\c2cn(Cc3ccccc3F)c3ccc(Br)cc23)C(=O)N1c1ccccc1. The third-order valence-corrected chi connectivity index (χ3v) is 6.63. The number of carbonyl (C=O) groups excluding carboxylic acids is 2. The molecule has 1 saturated heterocycles. The molecule has 2 heterocycles. The van der Waals surface area contributed by atoms with E-state index in [1.807, 2.05) is 35.0 Å². The Morgan fingerprint density at radius 1 is 0.969 bits per heavy atom. The molecule has 0 bridgehead atoms. The topological polar surface area (TPSA) is 42.3 Å². The van der Waals surface area contributed by atoms with Crippen LogP contribution in [0.25, 0.3) is 17.0 Å². The highest BCUT2D eigenvalue weighted by Crippen LogP contribution is 2.37. The minimum atomic E-state index is -0.351. The van der Waals surface area contributed by atoms with Gasteiger partial charge < -0.3 is 4.57 Å². The summed E-state index contributed by atoms with van der Waals surface area (Å²) in [6.45, 7) is 0.351. The molecule has 1 aromatic heterocycles. The number of amides is 2. The molecule has 0 N–H and O–H groups in total. The summed E-state index contributed by atoms with van der Waals surface area (Å²) in [5, 5.41) is 0.575. The molecule has 1 fully saturated rings. The first-order valence-electron chi connectivity index (χ1n) is 9.86. The number of aromatic nitrogens is 1. The molecule has 0 atom stereocenters. The van der Waals surface area contributed by atoms with E-state index in [1.165, 1.54) is 11.0 Å². The second-order valence-electron chi connectivity index (χ2n) is 7.32. The first-order chi connectivity index (χ1) is 15.5. The Kier molecular flexibility index (Phi) is 5.45. The maximum absolute atomic E-state index is 14.2. The molecule has 0 radical (unpaired) electrons. The second-order valence-corrected chi connectivity index (χ2v) is 9.23. The Balaban J connectivity index is 1.57. The van der Waals surface area contributed by atoms with E-state index in [4.69, 9.17) is 0 Å². The van der Waals surface area contributed by atoms with Crippen LogP contribution in [0, 0.1) is 5.82 Å². The van der Waals surface area contributed by atoms with Gasteiger partial charge in [0.15, 0.2) is 0 Å². The van der Waals surface area contributed by atoms with Gasteiger partial charge in [-0.25, -0.2) is 9.29 Å². The molecule has 4 nitrogen and oxygen atoms in total. The third-order valence-electron chi connectivity index (χ3n) is 5.27. The quantitative estimate of drug-likeness (QED) is 0.285. The zero-order valence-corrected chi connectivity index (χ0v) is 19.1. The highest BCUT2D eigenvalue weighted by Gasteiger charge is 2.36. The van der Waals surface area contributed by atoms with Crippen molar-refractivity contribution in [2.75, 3.05) is 4.90 Å². The molecule has 32 heavy (non-hydrogen) atoms. The van der Waals surface area contributed by atoms with E-state index in [-0.39, 0.29) is 17.0 Å². The number of hydrogen-bond acceptors (Lipinski definition) is 3. The summed E-state index contributed by atoms with van der Waals surface area (Å²) in [6.07, 6.45) is 3.63. The van der Waals surface area contributed by atoms with Crippen LogP contribution in [-0.4, -0.2) is 15.7 Å². The number of anilines is 1. The Labute approximate surface area is 196 Å². The van der Waals surface area contributed by atoms with Gasteiger partial charge in [-0.3, -0.25) is 9.59 Å². The maximum Gasteiger partial charge on any atom is 0.298 e. The highest BCUT2D eigenvalue weighted by atomic mass is 79.9. The largest absolute Gasteiger partial charge is 0.342 e. The van der Waals surface area contributed by atoms with E-state index in [9.17, 15) is 14.0 Å². The standard InChI is InChI=1S/C25H16BrFN2O2S/c26-18-10-11-22-20(13-18)17(15-28(22)14-16-6-4-5-9-21(16)27)12-23-24(30)29(25(31)32-23)19-7-2-1-3-8-19/h1-13,15H,14H2/b23-12-. The number of thioether (sulfide) groups is 1. The first kappa shape index (κ1) is 20.7. The molecule has 0 unspecified atom stereocenters. The molecule has 7 heteroatoms. The molecule has 0 saturated carbocycles. The van der Waals surface area contributed by atoms with Gasteiger partial charge in [-0.2, -0.15) is 0 Å². The van der Waals surface area contributed by atoms with Crippen molar-refractivity contribution in [3.05, 3.63) is 105 Å². The lowest BCUT2D eigenvalue weighted by atomic mass is 10.1. The van der Waals surface area contributed by atoms with Crippen molar-refractivity contribution in [2.24, 2.45) is 0 Å². The molecule has 2 amide bonds. The lowest BCUT2D eigenvalue weighted by Gasteiger charge is -2.11. The molecular weight excluding hydrogens is 491 g/mol. The van der Waals surface area contributed by atoms with Crippen LogP contribution in [0.3, 0.4) is 0 Å². The molecule has 0 spiro atoms. The summed E-state index contributed by atoms with van der Waals surface area (Å²) in [4.78, 5) is 27.1. The summed E-state index contributed by atoms with van der Waals surface area (Å²) in [5.41, 5.74) is 2.81. The lowest BCUT2D eigenvalue weighted by molar-refractivity contribution is -0.113. The van der Waals surface area contributed by atoms with Gasteiger partial charge in [-0.15, -0.1) is 0 Å². The van der Waals surface area contributed by atoms with Crippen LogP contribution in [0.15, 0.2) is 88.4 Å². The van der Waals surface area contributed by atoms with Gasteiger partial charge in [-0.05, 0) is 54.2 Å². The van der Waals surface area contributed by atoms with Crippen LogP contribution in [0.2, 0.25) is 0 Å². The summed E-state index contributed by atoms with van der Waals surface area (Å²) >= 11 is 4.42. The van der Waals surface area contributed by atoms with Gasteiger partial charge >= 0.3 is 0 Å². The fraction of sp³-hybridized carbons (Fsp3) is 0.0400. The summed E-state index contributed by atoms with van der Waals surface area (Å²) in [6, 6.07) is 21.4. The molecule has 4 aromatic rings. The van der Waals surface area contributed by atoms with Crippen LogP contribution in [0.4, 0.5) is 14.9 Å². The van der Waals surface area contributed by atoms with Crippen molar-refractivity contribution in [2.45, 2.75) is 6.54 Å². The van der Waals surface area contributed by atoms with Gasteiger partial charge in [0.2, 0.25) is 0 Å².